The van der Waals surface area contributed by atoms with Gasteiger partial charge >= 0.3 is 0 Å². The van der Waals surface area contributed by atoms with E-state index in [1.54, 1.807) is 6.92 Å². The topological polar surface area (TPSA) is 57.6 Å². The van der Waals surface area contributed by atoms with Gasteiger partial charge in [-0.3, -0.25) is 14.5 Å². The summed E-state index contributed by atoms with van der Waals surface area (Å²) in [5.41, 5.74) is -0.475. The van der Waals surface area contributed by atoms with Crippen molar-refractivity contribution in [3.05, 3.63) is 12.2 Å². The molecule has 1 rings (SSSR count). The molecule has 1 aliphatic heterocycles. The number of amides is 2. The van der Waals surface area contributed by atoms with Crippen LogP contribution in [0.2, 0.25) is 0 Å². The van der Waals surface area contributed by atoms with Crippen LogP contribution in [0.5, 0.6) is 0 Å². The second-order valence-corrected chi connectivity index (χ2v) is 4.26. The average Bonchev–Trinajstić information content (AvgIpc) is 2.35. The van der Waals surface area contributed by atoms with Crippen molar-refractivity contribution in [2.45, 2.75) is 26.9 Å². The summed E-state index contributed by atoms with van der Waals surface area (Å²) in [6, 6.07) is 0. The highest BCUT2D eigenvalue weighted by Gasteiger charge is 2.33. The van der Waals surface area contributed by atoms with Crippen molar-refractivity contribution >= 4 is 11.8 Å². The van der Waals surface area contributed by atoms with Crippen LogP contribution in [0.25, 0.3) is 0 Å². The molecule has 0 spiro atoms. The summed E-state index contributed by atoms with van der Waals surface area (Å²) in [5, 5.41) is 9.44. The molecule has 0 bridgehead atoms. The van der Waals surface area contributed by atoms with Crippen LogP contribution in [0.3, 0.4) is 0 Å². The molecule has 4 heteroatoms. The van der Waals surface area contributed by atoms with E-state index >= 15 is 0 Å². The first-order valence-corrected chi connectivity index (χ1v) is 4.56. The second kappa shape index (κ2) is 3.53. The van der Waals surface area contributed by atoms with Gasteiger partial charge in [-0.1, -0.05) is 13.8 Å². The summed E-state index contributed by atoms with van der Waals surface area (Å²) in [4.78, 5) is 23.6. The minimum Gasteiger partial charge on any atom is -0.393 e. The zero-order valence-electron chi connectivity index (χ0n) is 8.65. The molecular formula is C10H15NO3. The molecule has 0 aromatic rings. The van der Waals surface area contributed by atoms with Crippen LogP contribution in [-0.4, -0.2) is 34.5 Å². The SMILES string of the molecule is CC(O)C(C)(C)CN1C(=O)C=CC1=O. The van der Waals surface area contributed by atoms with Gasteiger partial charge in [0.1, 0.15) is 0 Å². The summed E-state index contributed by atoms with van der Waals surface area (Å²) in [7, 11) is 0. The molecule has 0 fully saturated rings. The van der Waals surface area contributed by atoms with Gasteiger partial charge < -0.3 is 5.11 Å². The highest BCUT2D eigenvalue weighted by atomic mass is 16.3. The lowest BCUT2D eigenvalue weighted by Gasteiger charge is -2.31. The first-order chi connectivity index (χ1) is 6.34. The van der Waals surface area contributed by atoms with Gasteiger partial charge in [-0.2, -0.15) is 0 Å². The molecular weight excluding hydrogens is 182 g/mol. The van der Waals surface area contributed by atoms with Crippen molar-refractivity contribution in [2.75, 3.05) is 6.54 Å². The zero-order chi connectivity index (χ0) is 10.9. The molecule has 1 heterocycles. The van der Waals surface area contributed by atoms with Crippen molar-refractivity contribution in [3.63, 3.8) is 0 Å². The molecule has 1 N–H and O–H groups in total. The third kappa shape index (κ3) is 2.01. The second-order valence-electron chi connectivity index (χ2n) is 4.26. The molecule has 0 aromatic carbocycles. The molecule has 2 amide bonds. The van der Waals surface area contributed by atoms with Crippen molar-refractivity contribution in [2.24, 2.45) is 5.41 Å². The lowest BCUT2D eigenvalue weighted by atomic mass is 9.87. The summed E-state index contributed by atoms with van der Waals surface area (Å²) >= 11 is 0. The van der Waals surface area contributed by atoms with Crippen molar-refractivity contribution in [1.29, 1.82) is 0 Å². The first-order valence-electron chi connectivity index (χ1n) is 4.56. The standard InChI is InChI=1S/C10H15NO3/c1-7(12)10(2,3)6-11-8(13)4-5-9(11)14/h4-5,7,12H,6H2,1-3H3. The van der Waals surface area contributed by atoms with E-state index in [9.17, 15) is 14.7 Å². The van der Waals surface area contributed by atoms with Crippen LogP contribution >= 0.6 is 0 Å². The summed E-state index contributed by atoms with van der Waals surface area (Å²) < 4.78 is 0. The lowest BCUT2D eigenvalue weighted by molar-refractivity contribution is -0.139. The largest absolute Gasteiger partial charge is 0.393 e. The molecule has 0 saturated heterocycles. The van der Waals surface area contributed by atoms with Crippen molar-refractivity contribution in [3.8, 4) is 0 Å². The average molecular weight is 197 g/mol. The van der Waals surface area contributed by atoms with Crippen molar-refractivity contribution in [1.82, 2.24) is 4.90 Å². The highest BCUT2D eigenvalue weighted by molar-refractivity contribution is 6.12. The molecule has 1 unspecified atom stereocenters. The fourth-order valence-electron chi connectivity index (χ4n) is 1.13. The minimum atomic E-state index is -0.566. The molecule has 0 saturated carbocycles. The van der Waals surface area contributed by atoms with Gasteiger partial charge in [0, 0.05) is 24.1 Å². The van der Waals surface area contributed by atoms with Crippen LogP contribution in [0.15, 0.2) is 12.2 Å². The fourth-order valence-corrected chi connectivity index (χ4v) is 1.13. The van der Waals surface area contributed by atoms with E-state index < -0.39 is 11.5 Å². The maximum Gasteiger partial charge on any atom is 0.253 e. The number of nitrogens with zero attached hydrogens (tertiary/aromatic N) is 1. The lowest BCUT2D eigenvalue weighted by Crippen LogP contribution is -2.43. The minimum absolute atomic E-state index is 0.245. The quantitative estimate of drug-likeness (QED) is 0.663. The third-order valence-electron chi connectivity index (χ3n) is 2.60. The zero-order valence-corrected chi connectivity index (χ0v) is 8.65. The molecule has 1 aliphatic rings. The Morgan fingerprint density at radius 2 is 1.79 bits per heavy atom. The van der Waals surface area contributed by atoms with Gasteiger partial charge in [0.05, 0.1) is 6.10 Å². The maximum absolute atomic E-state index is 11.2. The van der Waals surface area contributed by atoms with Crippen LogP contribution < -0.4 is 0 Å². The predicted octanol–water partition coefficient (Wildman–Crippen LogP) is 0.318. The monoisotopic (exact) mass is 197 g/mol. The van der Waals surface area contributed by atoms with Gasteiger partial charge in [0.25, 0.3) is 11.8 Å². The Hall–Kier alpha value is -1.16. The Kier molecular flexibility index (Phi) is 2.76. The van der Waals surface area contributed by atoms with E-state index in [0.29, 0.717) is 0 Å². The first kappa shape index (κ1) is 10.9. The normalized spacial score (nSPS) is 19.3. The number of aliphatic hydroxyl groups excluding tert-OH is 1. The number of hydrogen-bond acceptors (Lipinski definition) is 3. The molecule has 14 heavy (non-hydrogen) atoms. The van der Waals surface area contributed by atoms with E-state index in [4.69, 9.17) is 0 Å². The summed E-state index contributed by atoms with van der Waals surface area (Å²) in [6.45, 7) is 5.53. The third-order valence-corrected chi connectivity index (χ3v) is 2.60. The number of imide groups is 1. The van der Waals surface area contributed by atoms with Crippen LogP contribution in [-0.2, 0) is 9.59 Å². The Balaban J connectivity index is 2.70. The fraction of sp³-hybridized carbons (Fsp3) is 0.600. The summed E-state index contributed by atoms with van der Waals surface area (Å²) in [6.07, 6.45) is 1.93. The van der Waals surface area contributed by atoms with Crippen molar-refractivity contribution < 1.29 is 14.7 Å². The predicted molar refractivity (Wildman–Crippen MR) is 51.3 cm³/mol. The maximum atomic E-state index is 11.2. The number of hydrogen-bond donors (Lipinski definition) is 1. The van der Waals surface area contributed by atoms with Gasteiger partial charge in [-0.25, -0.2) is 0 Å². The van der Waals surface area contributed by atoms with Crippen LogP contribution in [0.4, 0.5) is 0 Å². The Labute approximate surface area is 83.2 Å². The number of carbonyl (C=O) groups is 2. The van der Waals surface area contributed by atoms with Crippen LogP contribution in [0, 0.1) is 5.41 Å². The van der Waals surface area contributed by atoms with E-state index in [1.807, 2.05) is 13.8 Å². The molecule has 1 atom stereocenters. The molecule has 78 valence electrons. The smallest absolute Gasteiger partial charge is 0.253 e. The van der Waals surface area contributed by atoms with Gasteiger partial charge in [0.2, 0.25) is 0 Å². The Bertz CT molecular complexity index is 274. The number of rotatable bonds is 3. The van der Waals surface area contributed by atoms with E-state index in [1.165, 1.54) is 12.2 Å². The number of carbonyl (C=O) groups excluding carboxylic acids is 2. The Morgan fingerprint density at radius 3 is 2.14 bits per heavy atom. The van der Waals surface area contributed by atoms with E-state index in [0.717, 1.165) is 4.90 Å². The van der Waals surface area contributed by atoms with Crippen LogP contribution in [0.1, 0.15) is 20.8 Å². The Morgan fingerprint density at radius 1 is 1.36 bits per heavy atom. The molecule has 0 aliphatic carbocycles. The van der Waals surface area contributed by atoms with Gasteiger partial charge in [-0.15, -0.1) is 0 Å². The van der Waals surface area contributed by atoms with Gasteiger partial charge in [-0.05, 0) is 6.92 Å². The van der Waals surface area contributed by atoms with Gasteiger partial charge in [0.15, 0.2) is 0 Å². The summed E-state index contributed by atoms with van der Waals surface area (Å²) in [5.74, 6) is -0.604. The van der Waals surface area contributed by atoms with E-state index in [2.05, 4.69) is 0 Å². The highest BCUT2D eigenvalue weighted by Crippen LogP contribution is 2.23. The number of aliphatic hydroxyl groups is 1. The molecule has 0 radical (unpaired) electrons. The molecule has 0 aromatic heterocycles. The molecule has 4 nitrogen and oxygen atoms in total. The van der Waals surface area contributed by atoms with E-state index in [-0.39, 0.29) is 18.4 Å².